The number of carboxylic acids is 1. The molecule has 2 aromatic heterocycles. The molecule has 0 atom stereocenters. The summed E-state index contributed by atoms with van der Waals surface area (Å²) in [5, 5.41) is 9.14. The van der Waals surface area contributed by atoms with Crippen molar-refractivity contribution in [2.45, 2.75) is 65.2 Å². The van der Waals surface area contributed by atoms with Gasteiger partial charge in [0.05, 0.1) is 11.3 Å². The number of carbonyl (C=O) groups is 3. The average Bonchev–Trinajstić information content (AvgIpc) is 3.44. The highest BCUT2D eigenvalue weighted by Crippen LogP contribution is 2.38. The molecule has 0 bridgehead atoms. The molecule has 2 heterocycles. The van der Waals surface area contributed by atoms with Crippen molar-refractivity contribution in [3.05, 3.63) is 64.1 Å². The highest BCUT2D eigenvalue weighted by Gasteiger charge is 2.29. The van der Waals surface area contributed by atoms with E-state index in [9.17, 15) is 14.4 Å². The van der Waals surface area contributed by atoms with Crippen molar-refractivity contribution >= 4 is 23.1 Å². The summed E-state index contributed by atoms with van der Waals surface area (Å²) in [6.07, 6.45) is 7.78. The van der Waals surface area contributed by atoms with E-state index in [1.54, 1.807) is 6.92 Å². The van der Waals surface area contributed by atoms with Crippen molar-refractivity contribution in [2.24, 2.45) is 0 Å². The Hall–Kier alpha value is -3.48. The van der Waals surface area contributed by atoms with Gasteiger partial charge in [0.1, 0.15) is 5.52 Å². The standard InChI is InChI=1S/C27H30N2O5/c1-4-20-22(13-19-11-7-8-12-21(19)18-9-5-6-10-18)29-14-16(2)28-27(34-15-23(31)32)25(29)24(20)26(33)17(3)30/h7-8,11-12,14,18H,4-6,9-10,13,15H2,1-3H3,(H,31,32). The Balaban J connectivity index is 1.95. The predicted molar refractivity (Wildman–Crippen MR) is 128 cm³/mol. The quantitative estimate of drug-likeness (QED) is 0.366. The molecule has 0 saturated heterocycles. The third-order valence-electron chi connectivity index (χ3n) is 6.66. The van der Waals surface area contributed by atoms with Crippen LogP contribution in [0.3, 0.4) is 0 Å². The first-order valence-electron chi connectivity index (χ1n) is 11.8. The molecule has 0 radical (unpaired) electrons. The number of fused-ring (bicyclic) bond motifs is 1. The number of ether oxygens (including phenoxy) is 1. The van der Waals surface area contributed by atoms with Crippen LogP contribution in [0.2, 0.25) is 0 Å². The molecule has 0 unspecified atom stereocenters. The Labute approximate surface area is 198 Å². The minimum Gasteiger partial charge on any atom is -0.479 e. The summed E-state index contributed by atoms with van der Waals surface area (Å²) in [5.74, 6) is -1.75. The summed E-state index contributed by atoms with van der Waals surface area (Å²) in [7, 11) is 0. The van der Waals surface area contributed by atoms with Gasteiger partial charge < -0.3 is 14.2 Å². The monoisotopic (exact) mass is 462 g/mol. The van der Waals surface area contributed by atoms with Gasteiger partial charge in [0.2, 0.25) is 11.7 Å². The van der Waals surface area contributed by atoms with E-state index in [1.165, 1.54) is 43.7 Å². The van der Waals surface area contributed by atoms with Crippen molar-refractivity contribution in [2.75, 3.05) is 6.61 Å². The third-order valence-corrected chi connectivity index (χ3v) is 6.66. The van der Waals surface area contributed by atoms with Crippen LogP contribution in [0.1, 0.15) is 83.9 Å². The summed E-state index contributed by atoms with van der Waals surface area (Å²) in [5.41, 5.74) is 5.45. The number of aryl methyl sites for hydroxylation is 1. The number of carboxylic acid groups (broad SMARTS) is 1. The molecule has 7 nitrogen and oxygen atoms in total. The zero-order valence-corrected chi connectivity index (χ0v) is 19.9. The van der Waals surface area contributed by atoms with E-state index < -0.39 is 24.1 Å². The lowest BCUT2D eigenvalue weighted by atomic mass is 9.89. The number of benzene rings is 1. The minimum absolute atomic E-state index is 0.0528. The molecule has 34 heavy (non-hydrogen) atoms. The van der Waals surface area contributed by atoms with Crippen molar-refractivity contribution < 1.29 is 24.2 Å². The van der Waals surface area contributed by atoms with Gasteiger partial charge in [-0.25, -0.2) is 9.78 Å². The summed E-state index contributed by atoms with van der Waals surface area (Å²) in [6, 6.07) is 8.44. The lowest BCUT2D eigenvalue weighted by molar-refractivity contribution is -0.139. The zero-order valence-electron chi connectivity index (χ0n) is 19.9. The van der Waals surface area contributed by atoms with Crippen LogP contribution in [-0.2, 0) is 22.4 Å². The van der Waals surface area contributed by atoms with Crippen molar-refractivity contribution in [3.8, 4) is 5.88 Å². The summed E-state index contributed by atoms with van der Waals surface area (Å²) >= 11 is 0. The van der Waals surface area contributed by atoms with Gasteiger partial charge in [0.15, 0.2) is 12.4 Å². The van der Waals surface area contributed by atoms with Crippen LogP contribution in [-0.4, -0.2) is 38.6 Å². The minimum atomic E-state index is -1.14. The maximum absolute atomic E-state index is 13.1. The first kappa shape index (κ1) is 23.7. The van der Waals surface area contributed by atoms with Crippen molar-refractivity contribution in [3.63, 3.8) is 0 Å². The molecule has 0 amide bonds. The molecule has 1 aliphatic rings. The molecule has 4 rings (SSSR count). The Morgan fingerprint density at radius 1 is 1.18 bits per heavy atom. The number of rotatable bonds is 9. The second-order valence-electron chi connectivity index (χ2n) is 8.98. The van der Waals surface area contributed by atoms with Gasteiger partial charge in [0.25, 0.3) is 0 Å². The maximum atomic E-state index is 13.1. The first-order valence-corrected chi connectivity index (χ1v) is 11.8. The number of aromatic nitrogens is 2. The third kappa shape index (κ3) is 4.47. The van der Waals surface area contributed by atoms with Crippen LogP contribution in [0.5, 0.6) is 5.88 Å². The van der Waals surface area contributed by atoms with Gasteiger partial charge in [-0.2, -0.15) is 0 Å². The Morgan fingerprint density at radius 3 is 2.53 bits per heavy atom. The summed E-state index contributed by atoms with van der Waals surface area (Å²) < 4.78 is 7.38. The van der Waals surface area contributed by atoms with Crippen LogP contribution in [0.15, 0.2) is 30.5 Å². The van der Waals surface area contributed by atoms with E-state index in [0.29, 0.717) is 30.0 Å². The number of ketones is 2. The molecule has 1 aliphatic carbocycles. The number of nitrogens with zero attached hydrogens (tertiary/aromatic N) is 2. The topological polar surface area (TPSA) is 98.0 Å². The maximum Gasteiger partial charge on any atom is 0.341 e. The molecule has 0 spiro atoms. The number of hydrogen-bond acceptors (Lipinski definition) is 5. The number of hydrogen-bond donors (Lipinski definition) is 1. The molecule has 1 N–H and O–H groups in total. The molecule has 1 aromatic carbocycles. The summed E-state index contributed by atoms with van der Waals surface area (Å²) in [4.78, 5) is 40.8. The highest BCUT2D eigenvalue weighted by atomic mass is 16.5. The molecule has 178 valence electrons. The van der Waals surface area contributed by atoms with Gasteiger partial charge in [0, 0.05) is 25.2 Å². The van der Waals surface area contributed by atoms with Gasteiger partial charge in [-0.3, -0.25) is 9.59 Å². The fraction of sp³-hybridized carbons (Fsp3) is 0.407. The van der Waals surface area contributed by atoms with Crippen molar-refractivity contribution in [1.82, 2.24) is 9.38 Å². The van der Waals surface area contributed by atoms with Crippen LogP contribution in [0.4, 0.5) is 0 Å². The molecular weight excluding hydrogens is 432 g/mol. The van der Waals surface area contributed by atoms with E-state index in [2.05, 4.69) is 23.2 Å². The normalized spacial score (nSPS) is 14.0. The fourth-order valence-electron chi connectivity index (χ4n) is 5.20. The zero-order chi connectivity index (χ0) is 24.4. The lowest BCUT2D eigenvalue weighted by Crippen LogP contribution is -2.14. The second-order valence-corrected chi connectivity index (χ2v) is 8.98. The van der Waals surface area contributed by atoms with Gasteiger partial charge in [-0.15, -0.1) is 0 Å². The van der Waals surface area contributed by atoms with Gasteiger partial charge in [-0.05, 0) is 48.8 Å². The second kappa shape index (κ2) is 9.79. The van der Waals surface area contributed by atoms with E-state index in [0.717, 1.165) is 11.3 Å². The van der Waals surface area contributed by atoms with Gasteiger partial charge >= 0.3 is 5.97 Å². The Bertz CT molecular complexity index is 1270. The lowest BCUT2D eigenvalue weighted by Gasteiger charge is -2.16. The van der Waals surface area contributed by atoms with E-state index in [4.69, 9.17) is 9.84 Å². The predicted octanol–water partition coefficient (Wildman–Crippen LogP) is 4.69. The smallest absolute Gasteiger partial charge is 0.341 e. The molecule has 3 aromatic rings. The molecule has 7 heteroatoms. The van der Waals surface area contributed by atoms with Crippen LogP contribution in [0, 0.1) is 6.92 Å². The highest BCUT2D eigenvalue weighted by molar-refractivity contribution is 6.45. The molecular formula is C27H30N2O5. The van der Waals surface area contributed by atoms with E-state index in [1.807, 2.05) is 23.6 Å². The van der Waals surface area contributed by atoms with Crippen LogP contribution in [0.25, 0.3) is 5.52 Å². The van der Waals surface area contributed by atoms with Crippen LogP contribution < -0.4 is 4.74 Å². The Kier molecular flexibility index (Phi) is 6.82. The van der Waals surface area contributed by atoms with E-state index in [-0.39, 0.29) is 11.4 Å². The first-order chi connectivity index (χ1) is 16.3. The van der Waals surface area contributed by atoms with Gasteiger partial charge in [-0.1, -0.05) is 44.0 Å². The largest absolute Gasteiger partial charge is 0.479 e. The SMILES string of the molecule is CCc1c(C(=O)C(C)=O)c2c(OCC(=O)O)nc(C)cn2c1Cc1ccccc1C1CCCC1. The average molecular weight is 463 g/mol. The number of carbonyl (C=O) groups excluding carboxylic acids is 2. The van der Waals surface area contributed by atoms with Crippen molar-refractivity contribution in [1.29, 1.82) is 0 Å². The number of aliphatic carboxylic acids is 1. The Morgan fingerprint density at radius 2 is 1.88 bits per heavy atom. The fourth-order valence-corrected chi connectivity index (χ4v) is 5.20. The molecule has 0 aliphatic heterocycles. The molecule has 1 fully saturated rings. The number of Topliss-reactive ketones (excluding diaryl/α,β-unsaturated/α-hetero) is 2. The molecule has 1 saturated carbocycles. The summed E-state index contributed by atoms with van der Waals surface area (Å²) in [6.45, 7) is 4.41. The van der Waals surface area contributed by atoms with E-state index >= 15 is 0 Å². The van der Waals surface area contributed by atoms with Crippen LogP contribution >= 0.6 is 0 Å².